The highest BCUT2D eigenvalue weighted by Crippen LogP contribution is 2.32. The number of nitrogens with zero attached hydrogens (tertiary/aromatic N) is 5. The number of alkyl carbamates (subject to hydrolysis) is 1. The fraction of sp³-hybridized carbons (Fsp3) is 0.476. The number of tetrazole rings is 1. The van der Waals surface area contributed by atoms with E-state index in [0.29, 0.717) is 55.0 Å². The molecule has 2 heterocycles. The van der Waals surface area contributed by atoms with Gasteiger partial charge in [-0.2, -0.15) is 5.21 Å². The molecule has 57 heavy (non-hydrogen) atoms. The molecule has 2 saturated carbocycles. The van der Waals surface area contributed by atoms with Gasteiger partial charge in [0.15, 0.2) is 0 Å². The smallest absolute Gasteiger partial charge is 0.407 e. The van der Waals surface area contributed by atoms with E-state index in [1.54, 1.807) is 30.3 Å². The third kappa shape index (κ3) is 10.9. The predicted octanol–water partition coefficient (Wildman–Crippen LogP) is 5.00. The Kier molecular flexibility index (Phi) is 13.1. The van der Waals surface area contributed by atoms with Crippen molar-refractivity contribution in [3.05, 3.63) is 77.6 Å². The lowest BCUT2D eigenvalue weighted by Gasteiger charge is -2.32. The Morgan fingerprint density at radius 1 is 0.895 bits per heavy atom. The quantitative estimate of drug-likeness (QED) is 0.136. The number of carbonyl (C=O) groups excluding carboxylic acids is 4. The van der Waals surface area contributed by atoms with Crippen LogP contribution in [0.5, 0.6) is 0 Å². The van der Waals surface area contributed by atoms with Gasteiger partial charge in [-0.1, -0.05) is 30.3 Å². The number of anilines is 1. The number of imide groups is 1. The van der Waals surface area contributed by atoms with Crippen LogP contribution in [0.4, 0.5) is 10.5 Å². The molecule has 1 atom stereocenters. The van der Waals surface area contributed by atoms with Crippen LogP contribution in [0, 0.1) is 18.8 Å². The molecule has 0 aliphatic heterocycles. The Morgan fingerprint density at radius 3 is 2.18 bits per heavy atom. The van der Waals surface area contributed by atoms with Crippen molar-refractivity contribution in [1.82, 2.24) is 36.2 Å². The number of nitrogens with two attached hydrogens (primary N) is 2. The number of hydrogen-bond acceptors (Lipinski definition) is 11. The Bertz CT molecular complexity index is 2000. The molecular formula is C42H54N10O5. The number of pyridine rings is 1. The molecule has 0 saturated heterocycles. The predicted molar refractivity (Wildman–Crippen MR) is 216 cm³/mol. The number of carbonyl (C=O) groups is 4. The zero-order chi connectivity index (χ0) is 40.7. The summed E-state index contributed by atoms with van der Waals surface area (Å²) in [5.74, 6) is -0.814. The summed E-state index contributed by atoms with van der Waals surface area (Å²) in [7, 11) is 0. The number of aromatic nitrogens is 5. The van der Waals surface area contributed by atoms with Crippen molar-refractivity contribution in [2.45, 2.75) is 109 Å². The number of H-pyrrole nitrogens is 1. The van der Waals surface area contributed by atoms with E-state index in [0.717, 1.165) is 48.1 Å². The van der Waals surface area contributed by atoms with E-state index in [9.17, 15) is 19.2 Å². The van der Waals surface area contributed by atoms with Crippen molar-refractivity contribution in [3.8, 4) is 22.5 Å². The SMILES string of the molecule is Cc1nc(C(=O)NC2CCC(N)CC2)ccc1-c1ccc(C[C@H](N)C(=O)N(C(=O)C2CCC(CNC(=O)OC(C)(C)C)CC2)c2ccc(-c3nn[nH]n3)cc2)cc1. The zero-order valence-electron chi connectivity index (χ0n) is 33.2. The maximum absolute atomic E-state index is 14.2. The second-order valence-corrected chi connectivity index (χ2v) is 16.3. The van der Waals surface area contributed by atoms with Gasteiger partial charge < -0.3 is 26.8 Å². The van der Waals surface area contributed by atoms with E-state index >= 15 is 0 Å². The minimum atomic E-state index is -1.01. The lowest BCUT2D eigenvalue weighted by molar-refractivity contribution is -0.130. The molecule has 2 aromatic carbocycles. The normalized spacial score (nSPS) is 20.2. The average molecular weight is 779 g/mol. The first kappa shape index (κ1) is 41.1. The van der Waals surface area contributed by atoms with Crippen LogP contribution in [0.25, 0.3) is 22.5 Å². The number of benzene rings is 2. The van der Waals surface area contributed by atoms with Crippen LogP contribution >= 0.6 is 0 Å². The lowest BCUT2D eigenvalue weighted by atomic mass is 9.81. The number of rotatable bonds is 11. The van der Waals surface area contributed by atoms with Crippen LogP contribution in [-0.4, -0.2) is 79.7 Å². The highest BCUT2D eigenvalue weighted by molar-refractivity contribution is 6.17. The highest BCUT2D eigenvalue weighted by atomic mass is 16.6. The van der Waals surface area contributed by atoms with Crippen LogP contribution < -0.4 is 27.0 Å². The second kappa shape index (κ2) is 18.2. The third-order valence-corrected chi connectivity index (χ3v) is 10.8. The third-order valence-electron chi connectivity index (χ3n) is 10.8. The molecule has 15 nitrogen and oxygen atoms in total. The van der Waals surface area contributed by atoms with E-state index in [4.69, 9.17) is 16.2 Å². The number of amides is 4. The molecule has 0 bridgehead atoms. The first-order valence-electron chi connectivity index (χ1n) is 19.8. The molecule has 15 heteroatoms. The van der Waals surface area contributed by atoms with Gasteiger partial charge in [0.2, 0.25) is 11.7 Å². The van der Waals surface area contributed by atoms with Crippen molar-refractivity contribution < 1.29 is 23.9 Å². The van der Waals surface area contributed by atoms with Crippen molar-refractivity contribution in [2.24, 2.45) is 23.3 Å². The van der Waals surface area contributed by atoms with E-state index in [1.165, 1.54) is 4.90 Å². The largest absolute Gasteiger partial charge is 0.444 e. The monoisotopic (exact) mass is 778 g/mol. The fourth-order valence-electron chi connectivity index (χ4n) is 7.59. The Labute approximate surface area is 333 Å². The Morgan fingerprint density at radius 2 is 1.56 bits per heavy atom. The molecule has 302 valence electrons. The summed E-state index contributed by atoms with van der Waals surface area (Å²) in [6.45, 7) is 7.78. The minimum absolute atomic E-state index is 0.111. The van der Waals surface area contributed by atoms with Crippen molar-refractivity contribution in [3.63, 3.8) is 0 Å². The van der Waals surface area contributed by atoms with Gasteiger partial charge in [0, 0.05) is 41.4 Å². The number of nitrogens with one attached hydrogen (secondary N) is 3. The molecule has 2 aliphatic carbocycles. The number of aryl methyl sites for hydroxylation is 1. The molecular weight excluding hydrogens is 725 g/mol. The van der Waals surface area contributed by atoms with Gasteiger partial charge in [0.1, 0.15) is 11.3 Å². The maximum Gasteiger partial charge on any atom is 0.407 e. The van der Waals surface area contributed by atoms with Crippen LogP contribution in [0.2, 0.25) is 0 Å². The summed E-state index contributed by atoms with van der Waals surface area (Å²) < 4.78 is 5.37. The molecule has 2 aliphatic rings. The van der Waals surface area contributed by atoms with Gasteiger partial charge in [0.25, 0.3) is 11.8 Å². The lowest BCUT2D eigenvalue weighted by Crippen LogP contribution is -2.50. The van der Waals surface area contributed by atoms with Gasteiger partial charge in [0.05, 0.1) is 11.7 Å². The highest BCUT2D eigenvalue weighted by Gasteiger charge is 2.35. The summed E-state index contributed by atoms with van der Waals surface area (Å²) in [6.07, 6.45) is 5.84. The summed E-state index contributed by atoms with van der Waals surface area (Å²) in [4.78, 5) is 59.4. The molecule has 4 aromatic rings. The van der Waals surface area contributed by atoms with Gasteiger partial charge in [-0.05, 0) is 138 Å². The van der Waals surface area contributed by atoms with Crippen LogP contribution in [-0.2, 0) is 20.7 Å². The average Bonchev–Trinajstić information content (AvgIpc) is 3.74. The summed E-state index contributed by atoms with van der Waals surface area (Å²) >= 11 is 0. The van der Waals surface area contributed by atoms with Gasteiger partial charge in [-0.3, -0.25) is 14.4 Å². The number of aromatic amines is 1. The van der Waals surface area contributed by atoms with E-state index in [2.05, 4.69) is 36.2 Å². The molecule has 0 radical (unpaired) electrons. The topological polar surface area (TPSA) is 224 Å². The molecule has 4 amide bonds. The van der Waals surface area contributed by atoms with Crippen molar-refractivity contribution >= 4 is 29.5 Å². The molecule has 2 fully saturated rings. The van der Waals surface area contributed by atoms with Gasteiger partial charge >= 0.3 is 6.09 Å². The zero-order valence-corrected chi connectivity index (χ0v) is 33.2. The molecule has 2 aromatic heterocycles. The van der Waals surface area contributed by atoms with Gasteiger partial charge in [-0.25, -0.2) is 14.7 Å². The Balaban J connectivity index is 1.11. The summed E-state index contributed by atoms with van der Waals surface area (Å²) in [6, 6.07) is 17.5. The summed E-state index contributed by atoms with van der Waals surface area (Å²) in [5, 5.41) is 20.0. The molecule has 0 unspecified atom stereocenters. The van der Waals surface area contributed by atoms with Crippen LogP contribution in [0.3, 0.4) is 0 Å². The first-order valence-corrected chi connectivity index (χ1v) is 19.8. The van der Waals surface area contributed by atoms with Crippen molar-refractivity contribution in [1.29, 1.82) is 0 Å². The van der Waals surface area contributed by atoms with Crippen molar-refractivity contribution in [2.75, 3.05) is 11.4 Å². The molecule has 7 N–H and O–H groups in total. The minimum Gasteiger partial charge on any atom is -0.444 e. The van der Waals surface area contributed by atoms with E-state index in [-0.39, 0.29) is 36.2 Å². The van der Waals surface area contributed by atoms with Crippen LogP contribution in [0.1, 0.15) is 93.9 Å². The Hall–Kier alpha value is -5.54. The standard InChI is InChI=1S/C42H54N10O5/c1-25-34(21-22-36(46-25)38(53)47-32-17-15-31(43)16-18-32)28-9-5-26(6-10-28)23-35(44)40(55)52(33-19-13-29(14-20-33)37-48-50-51-49-37)39(54)30-11-7-27(8-12-30)24-45-41(56)57-42(2,3)4/h5-6,9-10,13-14,19-22,27,30-32,35H,7-8,11-12,15-18,23-24,43-44H2,1-4H3,(H,45,56)(H,47,53)(H,48,49,50,51)/t27?,30?,31?,32?,35-/m0/s1. The van der Waals surface area contributed by atoms with Crippen LogP contribution in [0.15, 0.2) is 60.7 Å². The number of hydrogen-bond donors (Lipinski definition) is 5. The maximum atomic E-state index is 14.2. The van der Waals surface area contributed by atoms with E-state index < -0.39 is 29.6 Å². The number of ether oxygens (including phenoxy) is 1. The first-order chi connectivity index (χ1) is 27.2. The fourth-order valence-corrected chi connectivity index (χ4v) is 7.59. The van der Waals surface area contributed by atoms with E-state index in [1.807, 2.05) is 58.0 Å². The second-order valence-electron chi connectivity index (χ2n) is 16.3. The van der Waals surface area contributed by atoms with Gasteiger partial charge in [-0.15, -0.1) is 10.2 Å². The summed E-state index contributed by atoms with van der Waals surface area (Å²) in [5.41, 5.74) is 16.8. The molecule has 0 spiro atoms. The molecule has 6 rings (SSSR count).